The van der Waals surface area contributed by atoms with Gasteiger partial charge in [-0.1, -0.05) is 0 Å². The van der Waals surface area contributed by atoms with Crippen LogP contribution in [0.5, 0.6) is 0 Å². The molecule has 1 heterocycles. The van der Waals surface area contributed by atoms with Gasteiger partial charge in [0.25, 0.3) is 5.91 Å². The fraction of sp³-hybridized carbons (Fsp3) is 0.462. The molecule has 1 aromatic carbocycles. The summed E-state index contributed by atoms with van der Waals surface area (Å²) in [5, 5.41) is 2.64. The SMILES string of the molecule is CN1CC(CNC(=O)c2cc(N)cc(C(F)(F)F)c2)C1. The van der Waals surface area contributed by atoms with E-state index in [1.54, 1.807) is 0 Å². The Kier molecular flexibility index (Phi) is 3.89. The molecule has 4 nitrogen and oxygen atoms in total. The number of benzene rings is 1. The summed E-state index contributed by atoms with van der Waals surface area (Å²) in [5.74, 6) is -0.176. The van der Waals surface area contributed by atoms with Gasteiger partial charge in [0.1, 0.15) is 0 Å². The third-order valence-corrected chi connectivity index (χ3v) is 3.24. The molecule has 20 heavy (non-hydrogen) atoms. The first-order valence-corrected chi connectivity index (χ1v) is 6.20. The molecule has 1 fully saturated rings. The summed E-state index contributed by atoms with van der Waals surface area (Å²) in [5.41, 5.74) is 4.37. The van der Waals surface area contributed by atoms with Gasteiger partial charge in [0.15, 0.2) is 0 Å². The van der Waals surface area contributed by atoms with E-state index in [-0.39, 0.29) is 11.3 Å². The van der Waals surface area contributed by atoms with Gasteiger partial charge < -0.3 is 16.0 Å². The zero-order chi connectivity index (χ0) is 14.9. The van der Waals surface area contributed by atoms with E-state index in [1.807, 2.05) is 7.05 Å². The van der Waals surface area contributed by atoms with E-state index in [1.165, 1.54) is 6.07 Å². The minimum Gasteiger partial charge on any atom is -0.399 e. The number of hydrogen-bond donors (Lipinski definition) is 2. The second kappa shape index (κ2) is 5.32. The van der Waals surface area contributed by atoms with Crippen molar-refractivity contribution in [2.45, 2.75) is 6.18 Å². The standard InChI is InChI=1S/C13H16F3N3O/c1-19-6-8(7-19)5-18-12(20)9-2-10(13(14,15)16)4-11(17)3-9/h2-4,8H,5-7,17H2,1H3,(H,18,20). The first-order valence-electron chi connectivity index (χ1n) is 6.20. The number of alkyl halides is 3. The summed E-state index contributed by atoms with van der Waals surface area (Å²) in [4.78, 5) is 14.0. The maximum atomic E-state index is 12.6. The number of rotatable bonds is 3. The highest BCUT2D eigenvalue weighted by molar-refractivity contribution is 5.95. The van der Waals surface area contributed by atoms with Gasteiger partial charge in [0.2, 0.25) is 0 Å². The van der Waals surface area contributed by atoms with Gasteiger partial charge in [0.05, 0.1) is 5.56 Å². The molecule has 7 heteroatoms. The van der Waals surface area contributed by atoms with Crippen LogP contribution in [0.3, 0.4) is 0 Å². The molecule has 0 bridgehead atoms. The number of carbonyl (C=O) groups excluding carboxylic acids is 1. The highest BCUT2D eigenvalue weighted by Gasteiger charge is 2.31. The third-order valence-electron chi connectivity index (χ3n) is 3.24. The lowest BCUT2D eigenvalue weighted by Gasteiger charge is -2.36. The van der Waals surface area contributed by atoms with Crippen molar-refractivity contribution in [3.63, 3.8) is 0 Å². The molecule has 0 aromatic heterocycles. The van der Waals surface area contributed by atoms with Crippen LogP contribution < -0.4 is 11.1 Å². The van der Waals surface area contributed by atoms with Crippen molar-refractivity contribution in [1.82, 2.24) is 10.2 Å². The Bertz CT molecular complexity index is 510. The molecule has 0 aliphatic carbocycles. The van der Waals surface area contributed by atoms with Crippen molar-refractivity contribution in [1.29, 1.82) is 0 Å². The van der Waals surface area contributed by atoms with Crippen LogP contribution in [0, 0.1) is 5.92 Å². The van der Waals surface area contributed by atoms with Crippen LogP contribution >= 0.6 is 0 Å². The lowest BCUT2D eigenvalue weighted by Crippen LogP contribution is -2.49. The minimum atomic E-state index is -4.51. The highest BCUT2D eigenvalue weighted by atomic mass is 19.4. The molecule has 0 unspecified atom stereocenters. The van der Waals surface area contributed by atoms with Gasteiger partial charge in [-0.2, -0.15) is 13.2 Å². The van der Waals surface area contributed by atoms with Crippen LogP contribution in [0.25, 0.3) is 0 Å². The number of nitrogens with zero attached hydrogens (tertiary/aromatic N) is 1. The minimum absolute atomic E-state index is 0.0648. The third kappa shape index (κ3) is 3.41. The van der Waals surface area contributed by atoms with Gasteiger partial charge in [0, 0.05) is 36.8 Å². The number of likely N-dealkylation sites (tertiary alicyclic amines) is 1. The quantitative estimate of drug-likeness (QED) is 0.830. The lowest BCUT2D eigenvalue weighted by atomic mass is 10.0. The average molecular weight is 287 g/mol. The van der Waals surface area contributed by atoms with Crippen LogP contribution in [-0.2, 0) is 6.18 Å². The number of nitrogens with one attached hydrogen (secondary N) is 1. The van der Waals surface area contributed by atoms with Gasteiger partial charge in [-0.15, -0.1) is 0 Å². The number of hydrogen-bond acceptors (Lipinski definition) is 3. The topological polar surface area (TPSA) is 58.4 Å². The molecule has 0 spiro atoms. The highest BCUT2D eigenvalue weighted by Crippen LogP contribution is 2.31. The zero-order valence-corrected chi connectivity index (χ0v) is 11.0. The summed E-state index contributed by atoms with van der Waals surface area (Å²) >= 11 is 0. The lowest BCUT2D eigenvalue weighted by molar-refractivity contribution is -0.137. The number of carbonyl (C=O) groups is 1. The Morgan fingerprint density at radius 3 is 2.60 bits per heavy atom. The number of nitrogens with two attached hydrogens (primary N) is 1. The van der Waals surface area contributed by atoms with Crippen LogP contribution in [0.4, 0.5) is 18.9 Å². The number of amides is 1. The summed E-state index contributed by atoms with van der Waals surface area (Å²) in [6.07, 6.45) is -4.51. The second-order valence-corrected chi connectivity index (χ2v) is 5.14. The number of anilines is 1. The normalized spacial score (nSPS) is 16.8. The van der Waals surface area contributed by atoms with Gasteiger partial charge in [-0.3, -0.25) is 4.79 Å². The molecular weight excluding hydrogens is 271 g/mol. The van der Waals surface area contributed by atoms with Crippen molar-refractivity contribution in [3.8, 4) is 0 Å². The molecule has 1 amide bonds. The molecule has 0 saturated carbocycles. The summed E-state index contributed by atoms with van der Waals surface area (Å²) in [6, 6.07) is 2.88. The van der Waals surface area contributed by atoms with E-state index < -0.39 is 17.6 Å². The fourth-order valence-electron chi connectivity index (χ4n) is 2.24. The molecule has 110 valence electrons. The Hall–Kier alpha value is -1.76. The van der Waals surface area contributed by atoms with Crippen LogP contribution in [0.1, 0.15) is 15.9 Å². The Balaban J connectivity index is 2.04. The molecule has 1 aromatic rings. The molecule has 1 aliphatic heterocycles. The van der Waals surface area contributed by atoms with E-state index in [9.17, 15) is 18.0 Å². The number of nitrogen functional groups attached to an aromatic ring is 1. The predicted octanol–water partition coefficient (Wildman–Crippen LogP) is 1.58. The molecule has 3 N–H and O–H groups in total. The molecule has 0 radical (unpaired) electrons. The number of halogens is 3. The van der Waals surface area contributed by atoms with Crippen LogP contribution in [-0.4, -0.2) is 37.5 Å². The van der Waals surface area contributed by atoms with Crippen LogP contribution in [0.2, 0.25) is 0 Å². The maximum absolute atomic E-state index is 12.6. The predicted molar refractivity (Wildman–Crippen MR) is 69.2 cm³/mol. The molecule has 2 rings (SSSR count). The van der Waals surface area contributed by atoms with Crippen molar-refractivity contribution >= 4 is 11.6 Å². The Morgan fingerprint density at radius 2 is 2.05 bits per heavy atom. The van der Waals surface area contributed by atoms with E-state index in [0.29, 0.717) is 12.5 Å². The molecule has 1 saturated heterocycles. The summed E-state index contributed by atoms with van der Waals surface area (Å²) in [6.45, 7) is 2.22. The van der Waals surface area contributed by atoms with E-state index >= 15 is 0 Å². The van der Waals surface area contributed by atoms with Gasteiger partial charge >= 0.3 is 6.18 Å². The summed E-state index contributed by atoms with van der Waals surface area (Å²) < 4.78 is 37.9. The Morgan fingerprint density at radius 1 is 1.40 bits per heavy atom. The summed E-state index contributed by atoms with van der Waals surface area (Å²) in [7, 11) is 1.96. The van der Waals surface area contributed by atoms with Crippen molar-refractivity contribution < 1.29 is 18.0 Å². The smallest absolute Gasteiger partial charge is 0.399 e. The van der Waals surface area contributed by atoms with Gasteiger partial charge in [-0.25, -0.2) is 0 Å². The average Bonchev–Trinajstić information content (AvgIpc) is 2.31. The van der Waals surface area contributed by atoms with E-state index in [4.69, 9.17) is 5.73 Å². The Labute approximate surface area is 114 Å². The van der Waals surface area contributed by atoms with E-state index in [0.717, 1.165) is 25.2 Å². The first-order chi connectivity index (χ1) is 9.25. The molecular formula is C13H16F3N3O. The van der Waals surface area contributed by atoms with E-state index in [2.05, 4.69) is 10.2 Å². The van der Waals surface area contributed by atoms with Crippen molar-refractivity contribution in [2.24, 2.45) is 5.92 Å². The van der Waals surface area contributed by atoms with Crippen molar-refractivity contribution in [3.05, 3.63) is 29.3 Å². The maximum Gasteiger partial charge on any atom is 0.416 e. The molecule has 1 aliphatic rings. The largest absolute Gasteiger partial charge is 0.416 e. The monoisotopic (exact) mass is 287 g/mol. The molecule has 0 atom stereocenters. The first kappa shape index (κ1) is 14.6. The zero-order valence-electron chi connectivity index (χ0n) is 11.0. The van der Waals surface area contributed by atoms with Gasteiger partial charge in [-0.05, 0) is 25.2 Å². The second-order valence-electron chi connectivity index (χ2n) is 5.14. The fourth-order valence-corrected chi connectivity index (χ4v) is 2.24. The van der Waals surface area contributed by atoms with Crippen molar-refractivity contribution in [2.75, 3.05) is 32.4 Å². The van der Waals surface area contributed by atoms with Crippen LogP contribution in [0.15, 0.2) is 18.2 Å².